The Bertz CT molecular complexity index is 1260. The summed E-state index contributed by atoms with van der Waals surface area (Å²) in [5.74, 6) is 2.54. The molecule has 0 radical (unpaired) electrons. The van der Waals surface area contributed by atoms with E-state index in [2.05, 4.69) is 33.7 Å². The highest BCUT2D eigenvalue weighted by Gasteiger charge is 2.22. The molecule has 0 spiro atoms. The highest BCUT2D eigenvalue weighted by molar-refractivity contribution is 7.99. The first-order valence-electron chi connectivity index (χ1n) is 11.0. The van der Waals surface area contributed by atoms with Crippen LogP contribution in [0.25, 0.3) is 22.5 Å². The predicted molar refractivity (Wildman–Crippen MR) is 127 cm³/mol. The molecule has 0 saturated heterocycles. The highest BCUT2D eigenvalue weighted by Crippen LogP contribution is 2.44. The Labute approximate surface area is 195 Å². The molecule has 4 heterocycles. The molecule has 33 heavy (non-hydrogen) atoms. The molecular formula is C23H26N6O3S. The van der Waals surface area contributed by atoms with Gasteiger partial charge in [0.05, 0.1) is 6.26 Å². The number of hydrogen-bond donors (Lipinski definition) is 2. The van der Waals surface area contributed by atoms with Crippen molar-refractivity contribution in [2.24, 2.45) is 0 Å². The van der Waals surface area contributed by atoms with E-state index in [4.69, 9.17) is 24.6 Å². The van der Waals surface area contributed by atoms with E-state index in [1.165, 1.54) is 18.1 Å². The SMILES string of the molecule is CC(C)NCCCn1c(Sc2cc3c(cc2-c2ccco2)OCCO3)nc2c(N)ncnc21. The first-order chi connectivity index (χ1) is 16.1. The van der Waals surface area contributed by atoms with Gasteiger partial charge in [0, 0.05) is 23.0 Å². The Morgan fingerprint density at radius 2 is 2.00 bits per heavy atom. The van der Waals surface area contributed by atoms with E-state index in [9.17, 15) is 0 Å². The molecule has 1 aliphatic rings. The number of nitrogen functional groups attached to an aromatic ring is 1. The van der Waals surface area contributed by atoms with E-state index in [1.54, 1.807) is 6.26 Å². The lowest BCUT2D eigenvalue weighted by molar-refractivity contribution is 0.171. The quantitative estimate of drug-likeness (QED) is 0.372. The van der Waals surface area contributed by atoms with E-state index in [-0.39, 0.29) is 0 Å². The van der Waals surface area contributed by atoms with Crippen molar-refractivity contribution in [3.8, 4) is 22.8 Å². The average Bonchev–Trinajstić information content (AvgIpc) is 3.45. The molecule has 9 nitrogen and oxygen atoms in total. The fraction of sp³-hybridized carbons (Fsp3) is 0.348. The van der Waals surface area contributed by atoms with Gasteiger partial charge in [0.25, 0.3) is 0 Å². The van der Waals surface area contributed by atoms with Gasteiger partial charge in [-0.15, -0.1) is 0 Å². The van der Waals surface area contributed by atoms with Crippen LogP contribution in [0.3, 0.4) is 0 Å². The lowest BCUT2D eigenvalue weighted by Crippen LogP contribution is -2.24. The number of imidazole rings is 1. The molecule has 1 aliphatic heterocycles. The number of anilines is 1. The van der Waals surface area contributed by atoms with Gasteiger partial charge in [-0.3, -0.25) is 0 Å². The summed E-state index contributed by atoms with van der Waals surface area (Å²) in [6.07, 6.45) is 4.07. The van der Waals surface area contributed by atoms with Crippen molar-refractivity contribution in [2.45, 2.75) is 42.9 Å². The lowest BCUT2D eigenvalue weighted by Gasteiger charge is -2.20. The van der Waals surface area contributed by atoms with Crippen molar-refractivity contribution < 1.29 is 13.9 Å². The molecule has 0 amide bonds. The zero-order valence-electron chi connectivity index (χ0n) is 18.6. The molecule has 10 heteroatoms. The minimum atomic E-state index is 0.370. The number of ether oxygens (including phenoxy) is 2. The normalized spacial score (nSPS) is 13.2. The van der Waals surface area contributed by atoms with Gasteiger partial charge < -0.3 is 29.5 Å². The number of benzene rings is 1. The number of aryl methyl sites for hydroxylation is 1. The number of furan rings is 1. The molecule has 3 aromatic heterocycles. The molecule has 3 N–H and O–H groups in total. The van der Waals surface area contributed by atoms with Crippen LogP contribution in [0.5, 0.6) is 11.5 Å². The van der Waals surface area contributed by atoms with Crippen LogP contribution in [0.4, 0.5) is 5.82 Å². The maximum atomic E-state index is 6.12. The summed E-state index contributed by atoms with van der Waals surface area (Å²) in [7, 11) is 0. The monoisotopic (exact) mass is 466 g/mol. The van der Waals surface area contributed by atoms with Crippen molar-refractivity contribution in [1.29, 1.82) is 0 Å². The fourth-order valence-corrected chi connectivity index (χ4v) is 4.78. The highest BCUT2D eigenvalue weighted by atomic mass is 32.2. The van der Waals surface area contributed by atoms with E-state index in [1.807, 2.05) is 24.3 Å². The summed E-state index contributed by atoms with van der Waals surface area (Å²) in [5, 5.41) is 4.24. The predicted octanol–water partition coefficient (Wildman–Crippen LogP) is 3.98. The third-order valence-electron chi connectivity index (χ3n) is 5.27. The second-order valence-corrected chi connectivity index (χ2v) is 9.02. The van der Waals surface area contributed by atoms with Crippen LogP contribution >= 0.6 is 11.8 Å². The molecule has 0 fully saturated rings. The smallest absolute Gasteiger partial charge is 0.175 e. The first kappa shape index (κ1) is 21.6. The Kier molecular flexibility index (Phi) is 6.10. The van der Waals surface area contributed by atoms with Gasteiger partial charge in [-0.05, 0) is 37.2 Å². The number of hydrogen-bond acceptors (Lipinski definition) is 9. The zero-order valence-corrected chi connectivity index (χ0v) is 19.4. The van der Waals surface area contributed by atoms with Gasteiger partial charge in [0.2, 0.25) is 0 Å². The van der Waals surface area contributed by atoms with Crippen molar-refractivity contribution in [1.82, 2.24) is 24.8 Å². The van der Waals surface area contributed by atoms with Crippen LogP contribution in [0, 0.1) is 0 Å². The topological polar surface area (TPSA) is 113 Å². The van der Waals surface area contributed by atoms with Crippen molar-refractivity contribution in [2.75, 3.05) is 25.5 Å². The number of nitrogens with one attached hydrogen (secondary N) is 1. The number of fused-ring (bicyclic) bond motifs is 2. The van der Waals surface area contributed by atoms with Crippen molar-refractivity contribution >= 4 is 28.7 Å². The second-order valence-electron chi connectivity index (χ2n) is 8.01. The van der Waals surface area contributed by atoms with Crippen LogP contribution in [0.2, 0.25) is 0 Å². The lowest BCUT2D eigenvalue weighted by atomic mass is 10.1. The Morgan fingerprint density at radius 1 is 1.18 bits per heavy atom. The van der Waals surface area contributed by atoms with Crippen LogP contribution < -0.4 is 20.5 Å². The Morgan fingerprint density at radius 3 is 2.76 bits per heavy atom. The van der Waals surface area contributed by atoms with Gasteiger partial charge >= 0.3 is 0 Å². The standard InChI is InChI=1S/C23H26N6O3S/c1-14(2)25-6-4-7-29-22-20(21(24)26-13-27-22)28-23(29)33-19-12-18-17(31-9-10-32-18)11-15(19)16-5-3-8-30-16/h3,5,8,11-14,25H,4,6-7,9-10H2,1-2H3,(H2,24,26,27). The third kappa shape index (κ3) is 4.49. The van der Waals surface area contributed by atoms with Gasteiger partial charge in [-0.1, -0.05) is 25.6 Å². The van der Waals surface area contributed by atoms with Gasteiger partial charge in [0.15, 0.2) is 33.6 Å². The van der Waals surface area contributed by atoms with Crippen LogP contribution in [0.15, 0.2) is 51.3 Å². The molecule has 172 valence electrons. The summed E-state index contributed by atoms with van der Waals surface area (Å²) < 4.78 is 19.5. The molecule has 0 atom stereocenters. The summed E-state index contributed by atoms with van der Waals surface area (Å²) in [4.78, 5) is 14.3. The Balaban J connectivity index is 1.55. The number of nitrogens with two attached hydrogens (primary N) is 1. The molecule has 0 bridgehead atoms. The van der Waals surface area contributed by atoms with Gasteiger partial charge in [-0.25, -0.2) is 15.0 Å². The summed E-state index contributed by atoms with van der Waals surface area (Å²) >= 11 is 1.52. The molecular weight excluding hydrogens is 440 g/mol. The van der Waals surface area contributed by atoms with Gasteiger partial charge in [-0.2, -0.15) is 0 Å². The summed E-state index contributed by atoms with van der Waals surface area (Å²) in [5.41, 5.74) is 8.37. The van der Waals surface area contributed by atoms with Crippen LogP contribution in [0.1, 0.15) is 20.3 Å². The van der Waals surface area contributed by atoms with Crippen molar-refractivity contribution in [3.05, 3.63) is 36.9 Å². The first-order valence-corrected chi connectivity index (χ1v) is 11.8. The maximum absolute atomic E-state index is 6.12. The van der Waals surface area contributed by atoms with Crippen molar-refractivity contribution in [3.63, 3.8) is 0 Å². The largest absolute Gasteiger partial charge is 0.486 e. The van der Waals surface area contributed by atoms with E-state index in [0.29, 0.717) is 42.1 Å². The Hall–Kier alpha value is -3.24. The van der Waals surface area contributed by atoms with E-state index >= 15 is 0 Å². The third-order valence-corrected chi connectivity index (χ3v) is 6.32. The number of nitrogens with zero attached hydrogens (tertiary/aromatic N) is 4. The molecule has 5 rings (SSSR count). The maximum Gasteiger partial charge on any atom is 0.175 e. The fourth-order valence-electron chi connectivity index (χ4n) is 3.72. The minimum Gasteiger partial charge on any atom is -0.486 e. The second kappa shape index (κ2) is 9.32. The summed E-state index contributed by atoms with van der Waals surface area (Å²) in [6.45, 7) is 6.96. The molecule has 4 aromatic rings. The van der Waals surface area contributed by atoms with E-state index < -0.39 is 0 Å². The van der Waals surface area contributed by atoms with E-state index in [0.717, 1.165) is 46.5 Å². The zero-order chi connectivity index (χ0) is 22.8. The van der Waals surface area contributed by atoms with Crippen LogP contribution in [-0.4, -0.2) is 45.3 Å². The van der Waals surface area contributed by atoms with Gasteiger partial charge in [0.1, 0.15) is 25.3 Å². The molecule has 1 aromatic carbocycles. The minimum absolute atomic E-state index is 0.370. The average molecular weight is 467 g/mol. The number of aromatic nitrogens is 4. The molecule has 0 aliphatic carbocycles. The number of rotatable bonds is 8. The molecule has 0 unspecified atom stereocenters. The summed E-state index contributed by atoms with van der Waals surface area (Å²) in [6, 6.07) is 8.18. The molecule has 0 saturated carbocycles. The van der Waals surface area contributed by atoms with Crippen LogP contribution in [-0.2, 0) is 6.54 Å².